The Hall–Kier alpha value is -3.96. The van der Waals surface area contributed by atoms with E-state index in [2.05, 4.69) is 33.3 Å². The van der Waals surface area contributed by atoms with Gasteiger partial charge in [-0.05, 0) is 26.0 Å². The number of terminal acetylenes is 1. The summed E-state index contributed by atoms with van der Waals surface area (Å²) < 4.78 is 2.34. The smallest absolute Gasteiger partial charge is 0.293 e. The van der Waals surface area contributed by atoms with Crippen LogP contribution in [0.3, 0.4) is 0 Å². The fraction of sp³-hybridized carbons (Fsp3) is 0.130. The number of halogens is 2. The van der Waals surface area contributed by atoms with Crippen molar-refractivity contribution in [1.29, 1.82) is 5.26 Å². The Morgan fingerprint density at radius 2 is 1.86 bits per heavy atom. The molecule has 3 heterocycles. The molecule has 0 saturated carbocycles. The lowest BCUT2D eigenvalue weighted by molar-refractivity contribution is -0.0979. The number of nitriles is 1. The third kappa shape index (κ3) is 6.78. The van der Waals surface area contributed by atoms with E-state index in [1.165, 1.54) is 15.9 Å². The number of nitrogens with zero attached hydrogens (tertiary/aromatic N) is 6. The fourth-order valence-electron chi connectivity index (χ4n) is 2.69. The molecule has 4 aromatic rings. The number of nitrogens with one attached hydrogen (secondary N) is 1. The summed E-state index contributed by atoms with van der Waals surface area (Å²) in [4.78, 5) is 24.6. The maximum absolute atomic E-state index is 12.3. The van der Waals surface area contributed by atoms with Gasteiger partial charge in [-0.15, -0.1) is 27.7 Å². The first-order valence-electron chi connectivity index (χ1n) is 9.61. The SMILES string of the molecule is C#C.C/C=C/c1c(Cl)cccc1Cl.C=O.CNc1cnc2c(-c3nnc(C)s3)c(=O)n(C#N)n2c1. The molecule has 3 aromatic heterocycles. The van der Waals surface area contributed by atoms with Gasteiger partial charge in [0.1, 0.15) is 17.4 Å². The lowest BCUT2D eigenvalue weighted by atomic mass is 10.2. The molecule has 9 nitrogen and oxygen atoms in total. The highest BCUT2D eigenvalue weighted by atomic mass is 35.5. The minimum Gasteiger partial charge on any atom is -0.386 e. The van der Waals surface area contributed by atoms with Crippen molar-refractivity contribution in [3.05, 3.63) is 67.6 Å². The number of carbonyl (C=O) groups is 1. The molecule has 0 unspecified atom stereocenters. The molecule has 1 N–H and O–H groups in total. The second-order valence-electron chi connectivity index (χ2n) is 6.11. The van der Waals surface area contributed by atoms with Crippen LogP contribution in [0.4, 0.5) is 5.69 Å². The highest BCUT2D eigenvalue weighted by Gasteiger charge is 2.20. The van der Waals surface area contributed by atoms with Crippen LogP contribution in [0.2, 0.25) is 10.0 Å². The molecule has 0 fully saturated rings. The van der Waals surface area contributed by atoms with Gasteiger partial charge in [0.05, 0.1) is 18.1 Å². The summed E-state index contributed by atoms with van der Waals surface area (Å²) in [6.45, 7) is 5.73. The van der Waals surface area contributed by atoms with Gasteiger partial charge in [0, 0.05) is 22.7 Å². The molecule has 4 rings (SSSR count). The summed E-state index contributed by atoms with van der Waals surface area (Å²) >= 11 is 13.0. The van der Waals surface area contributed by atoms with Gasteiger partial charge in [-0.2, -0.15) is 5.26 Å². The third-order valence-electron chi connectivity index (χ3n) is 4.11. The van der Waals surface area contributed by atoms with E-state index in [9.17, 15) is 4.79 Å². The largest absolute Gasteiger partial charge is 0.386 e. The van der Waals surface area contributed by atoms with Crippen LogP contribution in [0, 0.1) is 31.2 Å². The van der Waals surface area contributed by atoms with Crippen molar-refractivity contribution in [2.75, 3.05) is 12.4 Å². The zero-order chi connectivity index (χ0) is 26.5. The van der Waals surface area contributed by atoms with E-state index in [1.54, 1.807) is 26.4 Å². The second kappa shape index (κ2) is 14.3. The maximum Gasteiger partial charge on any atom is 0.293 e. The number of fused-ring (bicyclic) bond motifs is 1. The number of benzene rings is 1. The first-order chi connectivity index (χ1) is 16.9. The molecule has 0 amide bonds. The molecule has 0 aliphatic heterocycles. The predicted octanol–water partition coefficient (Wildman–Crippen LogP) is 4.78. The number of hydrogen-bond donors (Lipinski definition) is 1. The fourth-order valence-corrected chi connectivity index (χ4v) is 3.94. The number of aromatic nitrogens is 5. The van der Waals surface area contributed by atoms with E-state index in [0.717, 1.165) is 15.3 Å². The third-order valence-corrected chi connectivity index (χ3v) is 5.62. The van der Waals surface area contributed by atoms with Gasteiger partial charge < -0.3 is 10.1 Å². The molecule has 0 radical (unpaired) electrons. The van der Waals surface area contributed by atoms with Crippen LogP contribution in [0.5, 0.6) is 0 Å². The Kier molecular flexibility index (Phi) is 11.9. The van der Waals surface area contributed by atoms with Crippen molar-refractivity contribution in [3.8, 4) is 29.6 Å². The van der Waals surface area contributed by atoms with Crippen molar-refractivity contribution in [1.82, 2.24) is 24.4 Å². The highest BCUT2D eigenvalue weighted by Crippen LogP contribution is 2.25. The van der Waals surface area contributed by atoms with E-state index in [1.807, 2.05) is 50.3 Å². The quantitative estimate of drug-likeness (QED) is 0.379. The first-order valence-corrected chi connectivity index (χ1v) is 11.2. The van der Waals surface area contributed by atoms with Crippen LogP contribution in [-0.2, 0) is 4.79 Å². The van der Waals surface area contributed by atoms with Crippen molar-refractivity contribution in [2.45, 2.75) is 13.8 Å². The van der Waals surface area contributed by atoms with Crippen LogP contribution < -0.4 is 10.9 Å². The average molecular weight is 530 g/mol. The molecule has 0 bridgehead atoms. The van der Waals surface area contributed by atoms with E-state index in [4.69, 9.17) is 33.3 Å². The Labute approximate surface area is 216 Å². The van der Waals surface area contributed by atoms with Gasteiger partial charge in [0.25, 0.3) is 5.56 Å². The average Bonchev–Trinajstić information content (AvgIpc) is 3.43. The lowest BCUT2D eigenvalue weighted by Crippen LogP contribution is -2.16. The van der Waals surface area contributed by atoms with Gasteiger partial charge in [-0.25, -0.2) is 9.50 Å². The number of allylic oxidation sites excluding steroid dienone is 1. The summed E-state index contributed by atoms with van der Waals surface area (Å²) in [5, 5.41) is 22.5. The Bertz CT molecular complexity index is 1410. The number of rotatable bonds is 3. The molecule has 0 aliphatic rings. The zero-order valence-electron chi connectivity index (χ0n) is 19.1. The van der Waals surface area contributed by atoms with Gasteiger partial charge in [0.15, 0.2) is 10.7 Å². The number of hydrogen-bond acceptors (Lipinski definition) is 8. The molecule has 180 valence electrons. The van der Waals surface area contributed by atoms with Gasteiger partial charge >= 0.3 is 0 Å². The number of aryl methyl sites for hydroxylation is 1. The molecular weight excluding hydrogens is 509 g/mol. The van der Waals surface area contributed by atoms with E-state index >= 15 is 0 Å². The highest BCUT2D eigenvalue weighted by molar-refractivity contribution is 7.14. The molecule has 12 heteroatoms. The zero-order valence-corrected chi connectivity index (χ0v) is 21.4. The van der Waals surface area contributed by atoms with Crippen LogP contribution >= 0.6 is 34.5 Å². The summed E-state index contributed by atoms with van der Waals surface area (Å²) in [7, 11) is 1.73. The molecule has 35 heavy (non-hydrogen) atoms. The minimum absolute atomic E-state index is 0.291. The first kappa shape index (κ1) is 29.1. The van der Waals surface area contributed by atoms with Gasteiger partial charge in [-0.1, -0.05) is 52.8 Å². The van der Waals surface area contributed by atoms with Crippen molar-refractivity contribution in [3.63, 3.8) is 0 Å². The Balaban J connectivity index is 0.000000347. The Morgan fingerprint density at radius 1 is 1.23 bits per heavy atom. The normalized spacial score (nSPS) is 9.66. The second-order valence-corrected chi connectivity index (χ2v) is 8.11. The number of carbonyl (C=O) groups excluding carboxylic acids is 1. The van der Waals surface area contributed by atoms with Gasteiger partial charge in [0.2, 0.25) is 6.19 Å². The summed E-state index contributed by atoms with van der Waals surface area (Å²) in [6.07, 6.45) is 16.9. The predicted molar refractivity (Wildman–Crippen MR) is 142 cm³/mol. The standard InChI is InChI=1S/C11H9N7OS.C9H8Cl2.C2H2.CH2O/c1-6-15-16-10(20-6)8-9-14-3-7(13-2)4-17(9)18(5-12)11(8)19;1-2-4-7-8(10)5-3-6-9(7)11;2*1-2/h3-4,13H,1-2H3;2-6H,1H3;1-2H;1H2/b;4-2+;;. The van der Waals surface area contributed by atoms with Crippen molar-refractivity contribution < 1.29 is 4.79 Å². The molecule has 0 spiro atoms. The van der Waals surface area contributed by atoms with Crippen molar-refractivity contribution in [2.24, 2.45) is 0 Å². The molecule has 0 aliphatic carbocycles. The molecule has 0 atom stereocenters. The molecule has 0 saturated heterocycles. The lowest BCUT2D eigenvalue weighted by Gasteiger charge is -2.01. The Morgan fingerprint density at radius 3 is 2.34 bits per heavy atom. The van der Waals surface area contributed by atoms with E-state index < -0.39 is 5.56 Å². The van der Waals surface area contributed by atoms with Crippen LogP contribution in [0.25, 0.3) is 22.3 Å². The topological polar surface area (TPSA) is 118 Å². The monoisotopic (exact) mass is 529 g/mol. The van der Waals surface area contributed by atoms with Gasteiger partial charge in [-0.3, -0.25) is 4.79 Å². The van der Waals surface area contributed by atoms with Crippen molar-refractivity contribution >= 4 is 58.7 Å². The summed E-state index contributed by atoms with van der Waals surface area (Å²) in [6, 6.07) is 5.48. The minimum atomic E-state index is -0.454. The maximum atomic E-state index is 12.3. The van der Waals surface area contributed by atoms with E-state index in [-0.39, 0.29) is 0 Å². The summed E-state index contributed by atoms with van der Waals surface area (Å²) in [5.74, 6) is 0. The number of anilines is 1. The molecule has 1 aromatic carbocycles. The van der Waals surface area contributed by atoms with Crippen LogP contribution in [-0.4, -0.2) is 38.2 Å². The van der Waals surface area contributed by atoms with Crippen LogP contribution in [0.1, 0.15) is 17.5 Å². The van der Waals surface area contributed by atoms with E-state index in [0.29, 0.717) is 32.0 Å². The summed E-state index contributed by atoms with van der Waals surface area (Å²) in [5.41, 5.74) is 1.80. The van der Waals surface area contributed by atoms with Crippen LogP contribution in [0.15, 0.2) is 41.5 Å². The molecular formula is C23H21Cl2N7O2S.